The number of Topliss-reactive ketones (excluding diaryl/α,β-unsaturated/α-hetero) is 1. The summed E-state index contributed by atoms with van der Waals surface area (Å²) < 4.78 is 25.7. The Balaban J connectivity index is 1.79. The molecule has 140 valence electrons. The number of nitrogens with zero attached hydrogens (tertiary/aromatic N) is 2. The van der Waals surface area contributed by atoms with Crippen LogP contribution in [0.1, 0.15) is 66.8 Å². The molecule has 0 amide bonds. The normalized spacial score (nSPS) is 26.8. The van der Waals surface area contributed by atoms with Gasteiger partial charge in [0.2, 0.25) is 0 Å². The number of hydrogen-bond acceptors (Lipinski definition) is 4. The summed E-state index contributed by atoms with van der Waals surface area (Å²) in [4.78, 5) is 15.3. The van der Waals surface area contributed by atoms with E-state index in [0.29, 0.717) is 19.0 Å². The summed E-state index contributed by atoms with van der Waals surface area (Å²) in [5.74, 6) is 0.617. The van der Waals surface area contributed by atoms with Gasteiger partial charge in [-0.05, 0) is 52.1 Å². The van der Waals surface area contributed by atoms with Crippen molar-refractivity contribution in [2.75, 3.05) is 24.6 Å². The van der Waals surface area contributed by atoms with Gasteiger partial charge in [-0.3, -0.25) is 9.69 Å². The summed E-state index contributed by atoms with van der Waals surface area (Å²) in [6, 6.07) is 2.44. The summed E-state index contributed by atoms with van der Waals surface area (Å²) >= 11 is 0. The summed E-state index contributed by atoms with van der Waals surface area (Å²) in [7, 11) is -2.94. The number of aromatic nitrogens is 1. The van der Waals surface area contributed by atoms with Gasteiger partial charge >= 0.3 is 0 Å². The summed E-state index contributed by atoms with van der Waals surface area (Å²) in [5, 5.41) is 0. The molecule has 3 rings (SSSR count). The zero-order chi connectivity index (χ0) is 18.2. The largest absolute Gasteiger partial charge is 0.344 e. The van der Waals surface area contributed by atoms with Crippen molar-refractivity contribution < 1.29 is 13.2 Å². The molecule has 2 fully saturated rings. The lowest BCUT2D eigenvalue weighted by molar-refractivity contribution is 0.0837. The standard InChI is InChI=1S/C19H30N2O3S/c1-4-16-7-5-6-9-20(16)12-19(22)18-11-14(2)21(15(18)3)17-8-10-25(23,24)13-17/h11,16-17H,4-10,12-13H2,1-3H3. The van der Waals surface area contributed by atoms with Crippen molar-refractivity contribution in [3.8, 4) is 0 Å². The average Bonchev–Trinajstić information content (AvgIpc) is 3.06. The number of aryl methyl sites for hydroxylation is 1. The minimum atomic E-state index is -2.94. The number of hydrogen-bond donors (Lipinski definition) is 0. The molecule has 5 nitrogen and oxygen atoms in total. The number of carbonyl (C=O) groups is 1. The Hall–Kier alpha value is -1.14. The van der Waals surface area contributed by atoms with Gasteiger partial charge in [0, 0.05) is 29.0 Å². The number of carbonyl (C=O) groups excluding carboxylic acids is 1. The summed E-state index contributed by atoms with van der Waals surface area (Å²) in [6.07, 6.45) is 5.35. The first-order valence-corrected chi connectivity index (χ1v) is 11.3. The van der Waals surface area contributed by atoms with E-state index in [0.717, 1.165) is 29.9 Å². The zero-order valence-electron chi connectivity index (χ0n) is 15.6. The first kappa shape index (κ1) is 18.6. The first-order valence-electron chi connectivity index (χ1n) is 9.48. The van der Waals surface area contributed by atoms with Crippen LogP contribution in [-0.2, 0) is 9.84 Å². The molecule has 0 radical (unpaired) electrons. The first-order chi connectivity index (χ1) is 11.8. The molecule has 2 unspecified atom stereocenters. The zero-order valence-corrected chi connectivity index (χ0v) is 16.4. The molecule has 0 N–H and O–H groups in total. The molecule has 2 aliphatic heterocycles. The highest BCUT2D eigenvalue weighted by atomic mass is 32.2. The number of piperidine rings is 1. The van der Waals surface area contributed by atoms with Crippen molar-refractivity contribution in [2.24, 2.45) is 0 Å². The third-order valence-electron chi connectivity index (χ3n) is 5.93. The Bertz CT molecular complexity index is 751. The number of likely N-dealkylation sites (tertiary alicyclic amines) is 1. The summed E-state index contributed by atoms with van der Waals surface area (Å²) in [6.45, 7) is 7.61. The van der Waals surface area contributed by atoms with Crippen LogP contribution < -0.4 is 0 Å². The minimum Gasteiger partial charge on any atom is -0.344 e. The molecule has 3 heterocycles. The Labute approximate surface area is 151 Å². The molecular formula is C19H30N2O3S. The highest BCUT2D eigenvalue weighted by molar-refractivity contribution is 7.91. The van der Waals surface area contributed by atoms with Crippen molar-refractivity contribution in [2.45, 2.75) is 65.0 Å². The SMILES string of the molecule is CCC1CCCCN1CC(=O)c1cc(C)n(C2CCS(=O)(=O)C2)c1C. The fourth-order valence-corrected chi connectivity index (χ4v) is 6.30. The van der Waals surface area contributed by atoms with Crippen LogP contribution in [0.25, 0.3) is 0 Å². The number of rotatable bonds is 5. The van der Waals surface area contributed by atoms with Gasteiger partial charge < -0.3 is 4.57 Å². The smallest absolute Gasteiger partial charge is 0.178 e. The Kier molecular flexibility index (Phi) is 5.40. The van der Waals surface area contributed by atoms with Crippen LogP contribution in [-0.4, -0.2) is 54.3 Å². The lowest BCUT2D eigenvalue weighted by Gasteiger charge is -2.34. The second kappa shape index (κ2) is 7.23. The second-order valence-corrected chi connectivity index (χ2v) is 9.89. The van der Waals surface area contributed by atoms with Gasteiger partial charge in [0.15, 0.2) is 15.6 Å². The number of ketones is 1. The van der Waals surface area contributed by atoms with Gasteiger partial charge in [0.1, 0.15) is 0 Å². The predicted molar refractivity (Wildman–Crippen MR) is 100 cm³/mol. The fraction of sp³-hybridized carbons (Fsp3) is 0.737. The molecule has 2 atom stereocenters. The van der Waals surface area contributed by atoms with E-state index >= 15 is 0 Å². The van der Waals surface area contributed by atoms with E-state index in [-0.39, 0.29) is 23.3 Å². The average molecular weight is 367 g/mol. The molecule has 25 heavy (non-hydrogen) atoms. The topological polar surface area (TPSA) is 59.4 Å². The molecule has 0 saturated carbocycles. The molecule has 6 heteroatoms. The lowest BCUT2D eigenvalue weighted by Crippen LogP contribution is -2.42. The van der Waals surface area contributed by atoms with Crippen molar-refractivity contribution in [3.63, 3.8) is 0 Å². The van der Waals surface area contributed by atoms with Crippen LogP contribution >= 0.6 is 0 Å². The van der Waals surface area contributed by atoms with Crippen LogP contribution in [0.4, 0.5) is 0 Å². The maximum atomic E-state index is 12.9. The maximum Gasteiger partial charge on any atom is 0.178 e. The van der Waals surface area contributed by atoms with E-state index in [4.69, 9.17) is 0 Å². The van der Waals surface area contributed by atoms with Gasteiger partial charge in [-0.1, -0.05) is 13.3 Å². The molecule has 0 bridgehead atoms. The molecule has 0 aliphatic carbocycles. The molecule has 1 aromatic rings. The van der Waals surface area contributed by atoms with Gasteiger partial charge in [0.05, 0.1) is 18.1 Å². The van der Waals surface area contributed by atoms with E-state index < -0.39 is 9.84 Å². The van der Waals surface area contributed by atoms with Crippen LogP contribution in [0.5, 0.6) is 0 Å². The van der Waals surface area contributed by atoms with E-state index in [2.05, 4.69) is 16.4 Å². The minimum absolute atomic E-state index is 0.0232. The highest BCUT2D eigenvalue weighted by Gasteiger charge is 2.32. The Morgan fingerprint density at radius 2 is 2.00 bits per heavy atom. The van der Waals surface area contributed by atoms with Crippen molar-refractivity contribution in [3.05, 3.63) is 23.0 Å². The van der Waals surface area contributed by atoms with Crippen molar-refractivity contribution >= 4 is 15.6 Å². The van der Waals surface area contributed by atoms with Crippen LogP contribution in [0.15, 0.2) is 6.07 Å². The quantitative estimate of drug-likeness (QED) is 0.752. The van der Waals surface area contributed by atoms with E-state index in [1.54, 1.807) is 0 Å². The maximum absolute atomic E-state index is 12.9. The third-order valence-corrected chi connectivity index (χ3v) is 7.68. The van der Waals surface area contributed by atoms with E-state index in [1.165, 1.54) is 19.3 Å². The van der Waals surface area contributed by atoms with Gasteiger partial charge in [-0.15, -0.1) is 0 Å². The van der Waals surface area contributed by atoms with E-state index in [1.807, 2.05) is 19.9 Å². The van der Waals surface area contributed by atoms with Crippen molar-refractivity contribution in [1.29, 1.82) is 0 Å². The molecule has 2 saturated heterocycles. The molecule has 2 aliphatic rings. The van der Waals surface area contributed by atoms with Gasteiger partial charge in [-0.25, -0.2) is 8.42 Å². The molecule has 1 aromatic heterocycles. The lowest BCUT2D eigenvalue weighted by atomic mass is 9.99. The number of sulfone groups is 1. The van der Waals surface area contributed by atoms with Crippen LogP contribution in [0.3, 0.4) is 0 Å². The fourth-order valence-electron chi connectivity index (χ4n) is 4.60. The predicted octanol–water partition coefficient (Wildman–Crippen LogP) is 2.91. The van der Waals surface area contributed by atoms with E-state index in [9.17, 15) is 13.2 Å². The molecule has 0 aromatic carbocycles. The monoisotopic (exact) mass is 366 g/mol. The van der Waals surface area contributed by atoms with Crippen molar-refractivity contribution in [1.82, 2.24) is 9.47 Å². The van der Waals surface area contributed by atoms with Crippen LogP contribution in [0, 0.1) is 13.8 Å². The summed E-state index contributed by atoms with van der Waals surface area (Å²) in [5.41, 5.74) is 2.69. The Morgan fingerprint density at radius 3 is 2.64 bits per heavy atom. The highest BCUT2D eigenvalue weighted by Crippen LogP contribution is 2.29. The molecular weight excluding hydrogens is 336 g/mol. The second-order valence-electron chi connectivity index (χ2n) is 7.66. The Morgan fingerprint density at radius 1 is 1.24 bits per heavy atom. The third kappa shape index (κ3) is 3.85. The van der Waals surface area contributed by atoms with Gasteiger partial charge in [-0.2, -0.15) is 0 Å². The van der Waals surface area contributed by atoms with Gasteiger partial charge in [0.25, 0.3) is 0 Å². The van der Waals surface area contributed by atoms with Crippen LogP contribution in [0.2, 0.25) is 0 Å². The molecule has 0 spiro atoms.